The molecule has 0 bridgehead atoms. The van der Waals surface area contributed by atoms with E-state index in [1.54, 1.807) is 18.2 Å². The molecule has 1 spiro atoms. The molecule has 1 unspecified atom stereocenters. The van der Waals surface area contributed by atoms with Crippen molar-refractivity contribution in [2.45, 2.75) is 90.6 Å². The lowest BCUT2D eigenvalue weighted by Gasteiger charge is -2.48. The predicted octanol–water partition coefficient (Wildman–Crippen LogP) is 5.76. The van der Waals surface area contributed by atoms with Crippen LogP contribution in [0.3, 0.4) is 0 Å². The molecule has 5 rings (SSSR count). The van der Waals surface area contributed by atoms with Crippen molar-refractivity contribution in [2.75, 3.05) is 0 Å². The molecule has 4 atom stereocenters. The Kier molecular flexibility index (Phi) is 6.84. The predicted molar refractivity (Wildman–Crippen MR) is 153 cm³/mol. The minimum atomic E-state index is -1.30. The van der Waals surface area contributed by atoms with Gasteiger partial charge in [-0.1, -0.05) is 23.8 Å². The number of phenols is 1. The van der Waals surface area contributed by atoms with Gasteiger partial charge in [-0.15, -0.1) is 0 Å². The highest BCUT2D eigenvalue weighted by molar-refractivity contribution is 6.16. The van der Waals surface area contributed by atoms with Gasteiger partial charge >= 0.3 is 5.97 Å². The second kappa shape index (κ2) is 9.72. The van der Waals surface area contributed by atoms with Gasteiger partial charge < -0.3 is 29.2 Å². The molecule has 3 heterocycles. The lowest BCUT2D eigenvalue weighted by molar-refractivity contribution is -0.132. The van der Waals surface area contributed by atoms with Gasteiger partial charge in [0.1, 0.15) is 40.8 Å². The van der Waals surface area contributed by atoms with Crippen LogP contribution >= 0.6 is 0 Å². The van der Waals surface area contributed by atoms with Crippen molar-refractivity contribution < 1.29 is 38.8 Å². The Labute approximate surface area is 240 Å². The summed E-state index contributed by atoms with van der Waals surface area (Å²) < 4.78 is 20.0. The molecule has 0 saturated carbocycles. The monoisotopic (exact) mass is 562 g/mol. The molecule has 3 aliphatic heterocycles. The van der Waals surface area contributed by atoms with Gasteiger partial charge in [0.2, 0.25) is 0 Å². The van der Waals surface area contributed by atoms with Gasteiger partial charge in [-0.25, -0.2) is 4.79 Å². The van der Waals surface area contributed by atoms with E-state index in [0.29, 0.717) is 29.7 Å². The maximum absolute atomic E-state index is 14.5. The van der Waals surface area contributed by atoms with E-state index in [9.17, 15) is 24.6 Å². The molecule has 8 heteroatoms. The van der Waals surface area contributed by atoms with Crippen molar-refractivity contribution in [3.63, 3.8) is 0 Å². The molecule has 2 N–H and O–H groups in total. The minimum absolute atomic E-state index is 0.0387. The number of ether oxygens (including phenoxy) is 3. The maximum atomic E-state index is 14.5. The average Bonchev–Trinajstić information content (AvgIpc) is 3.10. The Bertz CT molecular complexity index is 1470. The summed E-state index contributed by atoms with van der Waals surface area (Å²) in [7, 11) is 0. The molecule has 1 aliphatic carbocycles. The molecule has 0 amide bonds. The highest BCUT2D eigenvalue weighted by atomic mass is 16.6. The maximum Gasteiger partial charge on any atom is 0.330 e. The van der Waals surface area contributed by atoms with Crippen LogP contribution < -0.4 is 9.47 Å². The molecule has 1 aromatic rings. The number of carboxylic acid groups (broad SMARTS) is 1. The molecule has 8 nitrogen and oxygen atoms in total. The molecule has 41 heavy (non-hydrogen) atoms. The summed E-state index contributed by atoms with van der Waals surface area (Å²) in [6, 6.07) is 0. The number of aliphatic carboxylic acids is 1. The second-order valence-corrected chi connectivity index (χ2v) is 12.8. The number of ketones is 1. The number of rotatable bonds is 6. The molecule has 1 saturated heterocycles. The van der Waals surface area contributed by atoms with Crippen LogP contribution in [0.15, 0.2) is 41.0 Å². The van der Waals surface area contributed by atoms with Gasteiger partial charge in [0, 0.05) is 28.5 Å². The van der Waals surface area contributed by atoms with Crippen LogP contribution in [0.1, 0.15) is 82.8 Å². The first-order valence-electron chi connectivity index (χ1n) is 14.1. The van der Waals surface area contributed by atoms with Crippen molar-refractivity contribution in [3.8, 4) is 17.2 Å². The fourth-order valence-corrected chi connectivity index (χ4v) is 6.65. The van der Waals surface area contributed by atoms with Gasteiger partial charge in [0.05, 0.1) is 11.2 Å². The number of hydrogen-bond acceptors (Lipinski definition) is 7. The van der Waals surface area contributed by atoms with Crippen LogP contribution in [0.4, 0.5) is 0 Å². The van der Waals surface area contributed by atoms with Crippen LogP contribution in [0.5, 0.6) is 17.2 Å². The molecule has 4 aliphatic rings. The van der Waals surface area contributed by atoms with Gasteiger partial charge in [-0.2, -0.15) is 0 Å². The largest absolute Gasteiger partial charge is 0.506 e. The van der Waals surface area contributed by atoms with E-state index in [-0.39, 0.29) is 34.6 Å². The molecular formula is C33H38O8. The number of carbonyl (C=O) groups is 3. The molecule has 1 aromatic carbocycles. The van der Waals surface area contributed by atoms with Crippen molar-refractivity contribution in [3.05, 3.63) is 57.7 Å². The van der Waals surface area contributed by atoms with Crippen molar-refractivity contribution in [1.29, 1.82) is 0 Å². The first kappa shape index (κ1) is 28.9. The van der Waals surface area contributed by atoms with E-state index in [1.165, 1.54) is 6.92 Å². The summed E-state index contributed by atoms with van der Waals surface area (Å²) in [5.41, 5.74) is -0.184. The van der Waals surface area contributed by atoms with Crippen molar-refractivity contribution in [2.24, 2.45) is 11.8 Å². The third-order valence-electron chi connectivity index (χ3n) is 8.73. The van der Waals surface area contributed by atoms with Gasteiger partial charge in [-0.3, -0.25) is 4.79 Å². The van der Waals surface area contributed by atoms with E-state index < -0.39 is 46.5 Å². The molecule has 218 valence electrons. The van der Waals surface area contributed by atoms with E-state index >= 15 is 0 Å². The van der Waals surface area contributed by atoms with Gasteiger partial charge in [-0.05, 0) is 79.9 Å². The van der Waals surface area contributed by atoms with E-state index in [2.05, 4.69) is 0 Å². The van der Waals surface area contributed by atoms with Crippen molar-refractivity contribution >= 4 is 24.1 Å². The summed E-state index contributed by atoms with van der Waals surface area (Å²) in [6.07, 6.45) is 9.92. The number of hydrogen-bond donors (Lipinski definition) is 2. The Hall–Kier alpha value is -3.65. The number of benzene rings is 1. The topological polar surface area (TPSA) is 119 Å². The van der Waals surface area contributed by atoms with E-state index in [4.69, 9.17) is 14.2 Å². The molecule has 0 aromatic heterocycles. The molecular weight excluding hydrogens is 524 g/mol. The van der Waals surface area contributed by atoms with Gasteiger partial charge in [0.15, 0.2) is 11.4 Å². The van der Waals surface area contributed by atoms with Crippen LogP contribution in [-0.4, -0.2) is 51.2 Å². The standard InChI is InChI=1S/C33H38O8/c1-17(2)8-10-21-28-20(12-13-31(4,5)40-28)26(35)25-27(36)22-14-19(16-34)15-23-32(6,7)39-24(11-9-18(3)30(37)38)33(22,23)41-29(21)25/h8-9,12-14,16,19,23-24,35H,10-11,15H2,1-7H3,(H,37,38)/b18-9-/t19-,23?,24-,33-/m1/s1. The van der Waals surface area contributed by atoms with Crippen LogP contribution in [0, 0.1) is 11.8 Å². The number of aromatic hydroxyl groups is 1. The number of carboxylic acids is 1. The third kappa shape index (κ3) is 4.53. The summed E-state index contributed by atoms with van der Waals surface area (Å²) in [6.45, 7) is 13.1. The smallest absolute Gasteiger partial charge is 0.330 e. The average molecular weight is 563 g/mol. The second-order valence-electron chi connectivity index (χ2n) is 12.8. The Balaban J connectivity index is 1.80. The minimum Gasteiger partial charge on any atom is -0.506 e. The summed E-state index contributed by atoms with van der Waals surface area (Å²) >= 11 is 0. The number of phenolic OH excluding ortho intramolecular Hbond substituents is 1. The summed E-state index contributed by atoms with van der Waals surface area (Å²) in [5.74, 6) is -1.95. The Morgan fingerprint density at radius 1 is 1.10 bits per heavy atom. The lowest BCUT2D eigenvalue weighted by atomic mass is 9.62. The molecule has 1 fully saturated rings. The fraction of sp³-hybridized carbons (Fsp3) is 0.485. The Morgan fingerprint density at radius 3 is 2.44 bits per heavy atom. The molecule has 0 radical (unpaired) electrons. The number of aldehydes is 1. The third-order valence-corrected chi connectivity index (χ3v) is 8.73. The summed E-state index contributed by atoms with van der Waals surface area (Å²) in [5, 5.41) is 21.0. The highest BCUT2D eigenvalue weighted by Crippen LogP contribution is 2.61. The first-order valence-corrected chi connectivity index (χ1v) is 14.1. The Morgan fingerprint density at radius 2 is 1.80 bits per heavy atom. The normalized spacial score (nSPS) is 28.7. The zero-order valence-corrected chi connectivity index (χ0v) is 24.7. The van der Waals surface area contributed by atoms with Crippen LogP contribution in [-0.2, 0) is 20.7 Å². The quantitative estimate of drug-likeness (QED) is 0.255. The first-order chi connectivity index (χ1) is 19.1. The zero-order valence-electron chi connectivity index (χ0n) is 24.7. The highest BCUT2D eigenvalue weighted by Gasteiger charge is 2.68. The lowest BCUT2D eigenvalue weighted by Crippen LogP contribution is -2.58. The number of allylic oxidation sites excluding steroid dienone is 3. The summed E-state index contributed by atoms with van der Waals surface area (Å²) in [4.78, 5) is 38.2. The van der Waals surface area contributed by atoms with Crippen LogP contribution in [0.2, 0.25) is 0 Å². The number of Topliss-reactive ketones (excluding diaryl/α,β-unsaturated/α-hetero) is 1. The SMILES string of the molecule is CC(C)=CCc1c2c(c(O)c3c1O[C@]14C(=C[C@@H](C=O)CC1C(C)(C)O[C@@H]4C/C=C(/C)C(=O)O)C3=O)C=CC(C)(C)O2. The van der Waals surface area contributed by atoms with Crippen LogP contribution in [0.25, 0.3) is 6.08 Å². The fourth-order valence-electron chi connectivity index (χ4n) is 6.65. The number of fused-ring (bicyclic) bond motifs is 2. The number of carbonyl (C=O) groups excluding carboxylic acids is 2. The van der Waals surface area contributed by atoms with E-state index in [0.717, 1.165) is 11.9 Å². The van der Waals surface area contributed by atoms with E-state index in [1.807, 2.05) is 53.7 Å². The van der Waals surface area contributed by atoms with Crippen molar-refractivity contribution in [1.82, 2.24) is 0 Å². The van der Waals surface area contributed by atoms with Gasteiger partial charge in [0.25, 0.3) is 0 Å². The zero-order chi connectivity index (χ0) is 30.1.